The molecular formula is C15H20FNO3. The molecule has 0 heterocycles. The van der Waals surface area contributed by atoms with Gasteiger partial charge >= 0.3 is 0 Å². The quantitative estimate of drug-likeness (QED) is 0.558. The zero-order valence-corrected chi connectivity index (χ0v) is 11.7. The maximum Gasteiger partial charge on any atom is 0.220 e. The molecule has 110 valence electrons. The summed E-state index contributed by atoms with van der Waals surface area (Å²) in [6.07, 6.45) is 2.03. The number of carbonyl (C=O) groups is 2. The summed E-state index contributed by atoms with van der Waals surface area (Å²) in [6, 6.07) is 5.34. The fraction of sp³-hybridized carbons (Fsp3) is 0.467. The van der Waals surface area contributed by atoms with Crippen LogP contribution in [0.25, 0.3) is 0 Å². The minimum Gasteiger partial charge on any atom is -0.385 e. The van der Waals surface area contributed by atoms with Crippen LogP contribution < -0.4 is 5.32 Å². The minimum atomic E-state index is -0.379. The van der Waals surface area contributed by atoms with E-state index in [2.05, 4.69) is 5.32 Å². The second kappa shape index (κ2) is 9.20. The lowest BCUT2D eigenvalue weighted by Gasteiger charge is -2.05. The fourth-order valence-electron chi connectivity index (χ4n) is 1.69. The van der Waals surface area contributed by atoms with Crippen molar-refractivity contribution in [2.75, 3.05) is 20.3 Å². The van der Waals surface area contributed by atoms with Crippen LogP contribution in [-0.4, -0.2) is 32.0 Å². The Kier molecular flexibility index (Phi) is 7.50. The van der Waals surface area contributed by atoms with E-state index in [0.717, 1.165) is 12.8 Å². The molecule has 1 aromatic carbocycles. The Morgan fingerprint density at radius 1 is 1.15 bits per heavy atom. The van der Waals surface area contributed by atoms with Crippen LogP contribution in [0.5, 0.6) is 0 Å². The number of amides is 1. The smallest absolute Gasteiger partial charge is 0.220 e. The van der Waals surface area contributed by atoms with E-state index < -0.39 is 0 Å². The van der Waals surface area contributed by atoms with E-state index in [-0.39, 0.29) is 30.3 Å². The predicted octanol–water partition coefficient (Wildman–Crippen LogP) is 2.33. The number of ether oxygens (including phenoxy) is 1. The number of ketones is 1. The average Bonchev–Trinajstić information content (AvgIpc) is 2.45. The lowest BCUT2D eigenvalue weighted by atomic mass is 10.1. The molecule has 0 atom stereocenters. The van der Waals surface area contributed by atoms with Crippen molar-refractivity contribution in [1.82, 2.24) is 5.32 Å². The fourth-order valence-corrected chi connectivity index (χ4v) is 1.69. The summed E-state index contributed by atoms with van der Waals surface area (Å²) in [4.78, 5) is 23.3. The topological polar surface area (TPSA) is 55.4 Å². The molecular weight excluding hydrogens is 261 g/mol. The largest absolute Gasteiger partial charge is 0.385 e. The molecule has 1 N–H and O–H groups in total. The molecule has 0 saturated carbocycles. The lowest BCUT2D eigenvalue weighted by Crippen LogP contribution is -2.25. The third kappa shape index (κ3) is 6.43. The molecule has 0 aliphatic carbocycles. The zero-order chi connectivity index (χ0) is 14.8. The normalized spacial score (nSPS) is 10.3. The Hall–Kier alpha value is -1.75. The molecule has 0 bridgehead atoms. The number of nitrogens with one attached hydrogen (secondary N) is 1. The van der Waals surface area contributed by atoms with Gasteiger partial charge in [-0.15, -0.1) is 0 Å². The van der Waals surface area contributed by atoms with Crippen molar-refractivity contribution in [3.63, 3.8) is 0 Å². The van der Waals surface area contributed by atoms with Gasteiger partial charge < -0.3 is 10.1 Å². The average molecular weight is 281 g/mol. The van der Waals surface area contributed by atoms with Crippen molar-refractivity contribution in [3.05, 3.63) is 35.6 Å². The standard InChI is InChI=1S/C15H20FNO3/c1-20-11-3-2-10-17-15(19)9-8-14(18)12-4-6-13(16)7-5-12/h4-7H,2-3,8-11H2,1H3,(H,17,19). The van der Waals surface area contributed by atoms with E-state index in [1.165, 1.54) is 24.3 Å². The molecule has 0 spiro atoms. The molecule has 1 aromatic rings. The van der Waals surface area contributed by atoms with Crippen molar-refractivity contribution in [2.24, 2.45) is 0 Å². The van der Waals surface area contributed by atoms with Gasteiger partial charge in [0.1, 0.15) is 5.82 Å². The number of methoxy groups -OCH3 is 1. The van der Waals surface area contributed by atoms with Crippen LogP contribution >= 0.6 is 0 Å². The van der Waals surface area contributed by atoms with Crippen LogP contribution in [0.3, 0.4) is 0 Å². The van der Waals surface area contributed by atoms with Crippen LogP contribution in [0.2, 0.25) is 0 Å². The molecule has 0 aliphatic heterocycles. The lowest BCUT2D eigenvalue weighted by molar-refractivity contribution is -0.121. The van der Waals surface area contributed by atoms with Crippen LogP contribution in [0.4, 0.5) is 4.39 Å². The molecule has 0 aliphatic rings. The van der Waals surface area contributed by atoms with E-state index in [1.807, 2.05) is 0 Å². The molecule has 1 amide bonds. The summed E-state index contributed by atoms with van der Waals surface area (Å²) in [5.41, 5.74) is 0.430. The number of hydrogen-bond donors (Lipinski definition) is 1. The van der Waals surface area contributed by atoms with Crippen molar-refractivity contribution < 1.29 is 18.7 Å². The van der Waals surface area contributed by atoms with Crippen molar-refractivity contribution >= 4 is 11.7 Å². The van der Waals surface area contributed by atoms with Gasteiger partial charge in [0.25, 0.3) is 0 Å². The molecule has 1 rings (SSSR count). The van der Waals surface area contributed by atoms with E-state index in [1.54, 1.807) is 7.11 Å². The summed E-state index contributed by atoms with van der Waals surface area (Å²) in [7, 11) is 1.64. The van der Waals surface area contributed by atoms with Gasteiger partial charge in [-0.05, 0) is 37.1 Å². The Morgan fingerprint density at radius 3 is 2.50 bits per heavy atom. The first-order valence-electron chi connectivity index (χ1n) is 6.68. The molecule has 0 aromatic heterocycles. The number of carbonyl (C=O) groups excluding carboxylic acids is 2. The highest BCUT2D eigenvalue weighted by Crippen LogP contribution is 2.07. The summed E-state index contributed by atoms with van der Waals surface area (Å²) >= 11 is 0. The Balaban J connectivity index is 2.20. The highest BCUT2D eigenvalue weighted by Gasteiger charge is 2.09. The molecule has 20 heavy (non-hydrogen) atoms. The summed E-state index contributed by atoms with van der Waals surface area (Å²) in [5.74, 6) is -0.673. The highest BCUT2D eigenvalue weighted by atomic mass is 19.1. The summed E-state index contributed by atoms with van der Waals surface area (Å²) < 4.78 is 17.6. The van der Waals surface area contributed by atoms with Gasteiger partial charge in [-0.3, -0.25) is 9.59 Å². The van der Waals surface area contributed by atoms with Gasteiger partial charge in [-0.1, -0.05) is 0 Å². The first kappa shape index (κ1) is 16.3. The zero-order valence-electron chi connectivity index (χ0n) is 11.7. The first-order chi connectivity index (χ1) is 9.63. The number of rotatable bonds is 9. The van der Waals surface area contributed by atoms with Gasteiger partial charge in [0.05, 0.1) is 0 Å². The van der Waals surface area contributed by atoms with E-state index in [0.29, 0.717) is 18.7 Å². The Labute approximate surface area is 118 Å². The second-order valence-corrected chi connectivity index (χ2v) is 4.48. The third-order valence-corrected chi connectivity index (χ3v) is 2.84. The predicted molar refractivity (Wildman–Crippen MR) is 74.1 cm³/mol. The van der Waals surface area contributed by atoms with Crippen LogP contribution in [0.15, 0.2) is 24.3 Å². The maximum absolute atomic E-state index is 12.7. The van der Waals surface area contributed by atoms with Gasteiger partial charge in [0.15, 0.2) is 5.78 Å². The van der Waals surface area contributed by atoms with Crippen molar-refractivity contribution in [3.8, 4) is 0 Å². The summed E-state index contributed by atoms with van der Waals surface area (Å²) in [6.45, 7) is 1.27. The molecule has 0 radical (unpaired) electrons. The highest BCUT2D eigenvalue weighted by molar-refractivity contribution is 5.97. The first-order valence-corrected chi connectivity index (χ1v) is 6.68. The number of halogens is 1. The SMILES string of the molecule is COCCCCNC(=O)CCC(=O)c1ccc(F)cc1. The van der Waals surface area contributed by atoms with Gasteiger partial charge in [0, 0.05) is 38.7 Å². The number of unbranched alkanes of at least 4 members (excludes halogenated alkanes) is 1. The minimum absolute atomic E-state index is 0.134. The Morgan fingerprint density at radius 2 is 1.85 bits per heavy atom. The molecule has 0 saturated heterocycles. The van der Waals surface area contributed by atoms with Crippen LogP contribution in [0, 0.1) is 5.82 Å². The van der Waals surface area contributed by atoms with Crippen molar-refractivity contribution in [2.45, 2.75) is 25.7 Å². The van der Waals surface area contributed by atoms with E-state index in [9.17, 15) is 14.0 Å². The molecule has 5 heteroatoms. The summed E-state index contributed by atoms with van der Waals surface area (Å²) in [5, 5.41) is 2.75. The molecule has 0 unspecified atom stereocenters. The van der Waals surface area contributed by atoms with E-state index in [4.69, 9.17) is 4.74 Å². The number of Topliss-reactive ketones (excluding diaryl/α,β-unsaturated/α-hetero) is 1. The maximum atomic E-state index is 12.7. The van der Waals surface area contributed by atoms with Crippen LogP contribution in [-0.2, 0) is 9.53 Å². The number of hydrogen-bond acceptors (Lipinski definition) is 3. The molecule has 0 fully saturated rings. The van der Waals surface area contributed by atoms with Crippen LogP contribution in [0.1, 0.15) is 36.0 Å². The van der Waals surface area contributed by atoms with Gasteiger partial charge in [-0.25, -0.2) is 4.39 Å². The molecule has 4 nitrogen and oxygen atoms in total. The monoisotopic (exact) mass is 281 g/mol. The second-order valence-electron chi connectivity index (χ2n) is 4.48. The third-order valence-electron chi connectivity index (χ3n) is 2.84. The van der Waals surface area contributed by atoms with Crippen molar-refractivity contribution in [1.29, 1.82) is 0 Å². The number of benzene rings is 1. The Bertz CT molecular complexity index is 431. The van der Waals surface area contributed by atoms with Gasteiger partial charge in [0.2, 0.25) is 5.91 Å². The van der Waals surface area contributed by atoms with E-state index >= 15 is 0 Å². The van der Waals surface area contributed by atoms with Gasteiger partial charge in [-0.2, -0.15) is 0 Å².